The Labute approximate surface area is 135 Å². The van der Waals surface area contributed by atoms with Gasteiger partial charge in [-0.15, -0.1) is 6.42 Å². The van der Waals surface area contributed by atoms with Crippen molar-refractivity contribution in [3.63, 3.8) is 0 Å². The van der Waals surface area contributed by atoms with E-state index in [1.807, 2.05) is 30.3 Å². The molecule has 2 amide bonds. The van der Waals surface area contributed by atoms with Crippen LogP contribution in [0.1, 0.15) is 17.5 Å². The minimum Gasteiger partial charge on any atom is -0.379 e. The van der Waals surface area contributed by atoms with Gasteiger partial charge in [-0.2, -0.15) is 0 Å². The molecule has 0 aliphatic carbocycles. The minimum atomic E-state index is -0.511. The molecule has 5 heteroatoms. The molecule has 0 saturated carbocycles. The van der Waals surface area contributed by atoms with Crippen LogP contribution in [0.2, 0.25) is 0 Å². The molecular weight excluding hydrogens is 290 g/mol. The van der Waals surface area contributed by atoms with Gasteiger partial charge >= 0.3 is 6.03 Å². The highest BCUT2D eigenvalue weighted by molar-refractivity contribution is 5.90. The topological polar surface area (TPSA) is 63.2 Å². The van der Waals surface area contributed by atoms with Crippen molar-refractivity contribution in [2.45, 2.75) is 12.0 Å². The normalized spacial score (nSPS) is 19.8. The molecule has 5 nitrogen and oxygen atoms in total. The molecule has 3 rings (SSSR count). The van der Waals surface area contributed by atoms with Gasteiger partial charge in [0.1, 0.15) is 0 Å². The molecule has 1 unspecified atom stereocenters. The maximum absolute atomic E-state index is 12.4. The lowest BCUT2D eigenvalue weighted by Crippen LogP contribution is -2.48. The van der Waals surface area contributed by atoms with Gasteiger partial charge in [-0.3, -0.25) is 4.98 Å². The van der Waals surface area contributed by atoms with Crippen molar-refractivity contribution in [3.8, 4) is 12.3 Å². The number of aromatic nitrogens is 1. The van der Waals surface area contributed by atoms with E-state index < -0.39 is 5.54 Å². The van der Waals surface area contributed by atoms with E-state index >= 15 is 0 Å². The summed E-state index contributed by atoms with van der Waals surface area (Å²) in [6.45, 7) is 1.07. The van der Waals surface area contributed by atoms with E-state index in [1.54, 1.807) is 18.5 Å². The van der Waals surface area contributed by atoms with E-state index in [2.05, 4.69) is 21.5 Å². The molecule has 23 heavy (non-hydrogen) atoms. The molecule has 0 bridgehead atoms. The summed E-state index contributed by atoms with van der Waals surface area (Å²) >= 11 is 0. The first-order chi connectivity index (χ1) is 11.2. The molecule has 1 fully saturated rings. The summed E-state index contributed by atoms with van der Waals surface area (Å²) in [7, 11) is 0. The average molecular weight is 307 g/mol. The van der Waals surface area contributed by atoms with Crippen molar-refractivity contribution >= 4 is 11.7 Å². The Morgan fingerprint density at radius 2 is 2.13 bits per heavy atom. The standard InChI is InChI=1S/C18H17N3O2/c1-2-14-10-16(12-19-11-14)20-17(22)21-18(8-9-23-13-18)15-6-4-3-5-7-15/h1,3-7,10-12H,8-9,13H2,(H2,20,21,22). The first-order valence-corrected chi connectivity index (χ1v) is 7.36. The second-order valence-electron chi connectivity index (χ2n) is 5.44. The van der Waals surface area contributed by atoms with Crippen molar-refractivity contribution in [1.82, 2.24) is 10.3 Å². The van der Waals surface area contributed by atoms with Gasteiger partial charge in [0.15, 0.2) is 0 Å². The van der Waals surface area contributed by atoms with Crippen LogP contribution in [0.15, 0.2) is 48.8 Å². The van der Waals surface area contributed by atoms with Crippen LogP contribution in [-0.2, 0) is 10.3 Å². The van der Waals surface area contributed by atoms with Crippen molar-refractivity contribution in [2.75, 3.05) is 18.5 Å². The number of carbonyl (C=O) groups excluding carboxylic acids is 1. The number of amides is 2. The molecule has 2 aromatic rings. The number of ether oxygens (including phenoxy) is 1. The molecule has 0 spiro atoms. The van der Waals surface area contributed by atoms with E-state index in [0.29, 0.717) is 24.5 Å². The zero-order valence-electron chi connectivity index (χ0n) is 12.6. The first-order valence-electron chi connectivity index (χ1n) is 7.36. The summed E-state index contributed by atoms with van der Waals surface area (Å²) < 4.78 is 5.52. The molecule has 2 N–H and O–H groups in total. The highest BCUT2D eigenvalue weighted by atomic mass is 16.5. The maximum Gasteiger partial charge on any atom is 0.320 e. The van der Waals surface area contributed by atoms with E-state index in [-0.39, 0.29) is 6.03 Å². The van der Waals surface area contributed by atoms with E-state index in [9.17, 15) is 4.79 Å². The van der Waals surface area contributed by atoms with Crippen LogP contribution >= 0.6 is 0 Å². The zero-order valence-corrected chi connectivity index (χ0v) is 12.6. The van der Waals surface area contributed by atoms with Crippen molar-refractivity contribution in [2.24, 2.45) is 0 Å². The zero-order chi connectivity index (χ0) is 16.1. The van der Waals surface area contributed by atoms with Gasteiger partial charge in [0.2, 0.25) is 0 Å². The molecule has 0 radical (unpaired) electrons. The molecule has 116 valence electrons. The van der Waals surface area contributed by atoms with Crippen LogP contribution in [0.25, 0.3) is 0 Å². The summed E-state index contributed by atoms with van der Waals surface area (Å²) in [6, 6.07) is 11.2. The number of anilines is 1. The third kappa shape index (κ3) is 3.33. The fourth-order valence-electron chi connectivity index (χ4n) is 2.69. The second kappa shape index (κ2) is 6.51. The van der Waals surface area contributed by atoms with Crippen LogP contribution in [0.5, 0.6) is 0 Å². The van der Waals surface area contributed by atoms with Gasteiger partial charge in [-0.25, -0.2) is 4.79 Å². The number of nitrogens with one attached hydrogen (secondary N) is 2. The van der Waals surface area contributed by atoms with Crippen LogP contribution in [0.4, 0.5) is 10.5 Å². The number of benzene rings is 1. The van der Waals surface area contributed by atoms with Gasteiger partial charge < -0.3 is 15.4 Å². The Kier molecular flexibility index (Phi) is 4.26. The van der Waals surface area contributed by atoms with Gasteiger partial charge in [0, 0.05) is 24.8 Å². The molecule has 1 atom stereocenters. The summed E-state index contributed by atoms with van der Waals surface area (Å²) in [5.74, 6) is 2.49. The van der Waals surface area contributed by atoms with Gasteiger partial charge in [-0.05, 0) is 11.6 Å². The Morgan fingerprint density at radius 3 is 2.83 bits per heavy atom. The fraction of sp³-hybridized carbons (Fsp3) is 0.222. The lowest BCUT2D eigenvalue weighted by Gasteiger charge is -2.29. The Balaban J connectivity index is 1.76. The van der Waals surface area contributed by atoms with Crippen molar-refractivity contribution < 1.29 is 9.53 Å². The quantitative estimate of drug-likeness (QED) is 0.856. The number of rotatable bonds is 3. The van der Waals surface area contributed by atoms with Crippen molar-refractivity contribution in [1.29, 1.82) is 0 Å². The highest BCUT2D eigenvalue weighted by Gasteiger charge is 2.38. The van der Waals surface area contributed by atoms with Crippen LogP contribution < -0.4 is 10.6 Å². The monoisotopic (exact) mass is 307 g/mol. The number of hydrogen-bond donors (Lipinski definition) is 2. The smallest absolute Gasteiger partial charge is 0.320 e. The lowest BCUT2D eigenvalue weighted by molar-refractivity contribution is 0.167. The molecule has 1 aliphatic heterocycles. The molecule has 2 heterocycles. The van der Waals surface area contributed by atoms with E-state index in [1.165, 1.54) is 0 Å². The van der Waals surface area contributed by atoms with E-state index in [4.69, 9.17) is 11.2 Å². The molecule has 1 aliphatic rings. The SMILES string of the molecule is C#Cc1cncc(NC(=O)NC2(c3ccccc3)CCOC2)c1. The fourth-order valence-corrected chi connectivity index (χ4v) is 2.69. The number of urea groups is 1. The molecule has 1 aromatic heterocycles. The molecule has 1 aromatic carbocycles. The van der Waals surface area contributed by atoms with Crippen molar-refractivity contribution in [3.05, 3.63) is 59.9 Å². The highest BCUT2D eigenvalue weighted by Crippen LogP contribution is 2.30. The number of nitrogens with zero attached hydrogens (tertiary/aromatic N) is 1. The largest absolute Gasteiger partial charge is 0.379 e. The Bertz CT molecular complexity index is 731. The van der Waals surface area contributed by atoms with Gasteiger partial charge in [0.05, 0.1) is 24.0 Å². The van der Waals surface area contributed by atoms with E-state index in [0.717, 1.165) is 12.0 Å². The molecular formula is C18H17N3O2. The van der Waals surface area contributed by atoms with Gasteiger partial charge in [-0.1, -0.05) is 36.3 Å². The van der Waals surface area contributed by atoms with Crippen LogP contribution in [-0.4, -0.2) is 24.2 Å². The Hall–Kier alpha value is -2.84. The third-order valence-corrected chi connectivity index (χ3v) is 3.86. The minimum absolute atomic E-state index is 0.310. The van der Waals surface area contributed by atoms with Gasteiger partial charge in [0.25, 0.3) is 0 Å². The summed E-state index contributed by atoms with van der Waals surface area (Å²) in [5.41, 5.74) is 1.69. The first kappa shape index (κ1) is 15.1. The summed E-state index contributed by atoms with van der Waals surface area (Å²) in [6.07, 6.45) is 9.20. The Morgan fingerprint density at radius 1 is 1.30 bits per heavy atom. The average Bonchev–Trinajstić information content (AvgIpc) is 3.05. The number of terminal acetylenes is 1. The predicted molar refractivity (Wildman–Crippen MR) is 87.9 cm³/mol. The number of pyridine rings is 1. The predicted octanol–water partition coefficient (Wildman–Crippen LogP) is 2.50. The summed E-state index contributed by atoms with van der Waals surface area (Å²) in [5, 5.41) is 5.81. The summed E-state index contributed by atoms with van der Waals surface area (Å²) in [4.78, 5) is 16.4. The van der Waals surface area contributed by atoms with Crippen LogP contribution in [0, 0.1) is 12.3 Å². The maximum atomic E-state index is 12.4. The number of hydrogen-bond acceptors (Lipinski definition) is 3. The third-order valence-electron chi connectivity index (χ3n) is 3.86. The molecule has 1 saturated heterocycles. The lowest BCUT2D eigenvalue weighted by atomic mass is 9.89. The van der Waals surface area contributed by atoms with Crippen LogP contribution in [0.3, 0.4) is 0 Å². The number of carbonyl (C=O) groups is 1. The second-order valence-corrected chi connectivity index (χ2v) is 5.44.